The smallest absolute Gasteiger partial charge is 0.387 e. The molecule has 1 amide bonds. The Morgan fingerprint density at radius 1 is 1.14 bits per heavy atom. The standard InChI is InChI=1S/C18H18F2N2O7/c1-26-7-8-28-16-10-14(22(24)25)13(9-15(16)27-2)17(23)21-11-3-5-12(6-4-11)29-18(19)20/h3-6,9-10,18H,7-8H2,1-2H3,(H,21,23). The maximum atomic E-state index is 12.6. The fraction of sp³-hybridized carbons (Fsp3) is 0.278. The highest BCUT2D eigenvalue weighted by Crippen LogP contribution is 2.35. The van der Waals surface area contributed by atoms with Crippen LogP contribution >= 0.6 is 0 Å². The van der Waals surface area contributed by atoms with Crippen molar-refractivity contribution in [1.29, 1.82) is 0 Å². The Kier molecular flexibility index (Phi) is 7.66. The Balaban J connectivity index is 2.26. The second-order valence-corrected chi connectivity index (χ2v) is 5.48. The van der Waals surface area contributed by atoms with Gasteiger partial charge >= 0.3 is 6.61 Å². The number of halogens is 2. The molecule has 0 radical (unpaired) electrons. The van der Waals surface area contributed by atoms with Crippen LogP contribution in [-0.4, -0.2) is 44.9 Å². The number of benzene rings is 2. The molecule has 0 bridgehead atoms. The van der Waals surface area contributed by atoms with Crippen LogP contribution in [0.25, 0.3) is 0 Å². The van der Waals surface area contributed by atoms with Crippen LogP contribution in [0.5, 0.6) is 17.2 Å². The van der Waals surface area contributed by atoms with Crippen LogP contribution in [0.1, 0.15) is 10.4 Å². The first-order valence-electron chi connectivity index (χ1n) is 8.20. The summed E-state index contributed by atoms with van der Waals surface area (Å²) in [6.45, 7) is -2.59. The van der Waals surface area contributed by atoms with E-state index in [4.69, 9.17) is 14.2 Å². The molecule has 0 aliphatic carbocycles. The zero-order valence-corrected chi connectivity index (χ0v) is 15.5. The molecule has 0 atom stereocenters. The lowest BCUT2D eigenvalue weighted by Gasteiger charge is -2.13. The zero-order valence-electron chi connectivity index (χ0n) is 15.5. The van der Waals surface area contributed by atoms with E-state index in [0.717, 1.165) is 6.07 Å². The first kappa shape index (κ1) is 21.8. The quantitative estimate of drug-likeness (QED) is 0.361. The van der Waals surface area contributed by atoms with Crippen LogP contribution in [0.15, 0.2) is 36.4 Å². The van der Waals surface area contributed by atoms with Crippen molar-refractivity contribution in [2.45, 2.75) is 6.61 Å². The summed E-state index contributed by atoms with van der Waals surface area (Å²) in [5.41, 5.74) is -0.530. The highest BCUT2D eigenvalue weighted by Gasteiger charge is 2.25. The number of ether oxygens (including phenoxy) is 4. The number of nitrogens with zero attached hydrogens (tertiary/aromatic N) is 1. The van der Waals surface area contributed by atoms with Gasteiger partial charge in [-0.1, -0.05) is 0 Å². The van der Waals surface area contributed by atoms with Gasteiger partial charge in [0.15, 0.2) is 11.5 Å². The van der Waals surface area contributed by atoms with Crippen LogP contribution < -0.4 is 19.5 Å². The molecule has 0 unspecified atom stereocenters. The Bertz CT molecular complexity index is 860. The van der Waals surface area contributed by atoms with Gasteiger partial charge in [0.25, 0.3) is 11.6 Å². The van der Waals surface area contributed by atoms with Gasteiger partial charge in [-0.25, -0.2) is 0 Å². The fourth-order valence-electron chi connectivity index (χ4n) is 2.31. The molecule has 1 N–H and O–H groups in total. The van der Waals surface area contributed by atoms with E-state index in [1.54, 1.807) is 0 Å². The normalized spacial score (nSPS) is 10.5. The Morgan fingerprint density at radius 3 is 2.38 bits per heavy atom. The molecule has 0 fully saturated rings. The van der Waals surface area contributed by atoms with E-state index >= 15 is 0 Å². The van der Waals surface area contributed by atoms with Gasteiger partial charge in [-0.05, 0) is 24.3 Å². The second kappa shape index (κ2) is 10.2. The van der Waals surface area contributed by atoms with Crippen molar-refractivity contribution < 1.29 is 37.4 Å². The number of nitrogens with one attached hydrogen (secondary N) is 1. The number of methoxy groups -OCH3 is 2. The first-order chi connectivity index (χ1) is 13.8. The first-order valence-corrected chi connectivity index (χ1v) is 8.20. The van der Waals surface area contributed by atoms with Crippen LogP contribution in [0, 0.1) is 10.1 Å². The van der Waals surface area contributed by atoms with E-state index in [1.807, 2.05) is 0 Å². The van der Waals surface area contributed by atoms with Crippen molar-refractivity contribution in [3.63, 3.8) is 0 Å². The SMILES string of the molecule is COCCOc1cc([N+](=O)[O-])c(C(=O)Nc2ccc(OC(F)F)cc2)cc1OC. The maximum absolute atomic E-state index is 12.6. The molecule has 0 saturated heterocycles. The van der Waals surface area contributed by atoms with Gasteiger partial charge in [-0.3, -0.25) is 14.9 Å². The molecule has 2 aromatic rings. The van der Waals surface area contributed by atoms with Gasteiger partial charge in [-0.2, -0.15) is 8.78 Å². The van der Waals surface area contributed by atoms with E-state index in [2.05, 4.69) is 10.1 Å². The van der Waals surface area contributed by atoms with Gasteiger partial charge in [-0.15, -0.1) is 0 Å². The lowest BCUT2D eigenvalue weighted by molar-refractivity contribution is -0.385. The summed E-state index contributed by atoms with van der Waals surface area (Å²) in [5, 5.41) is 13.9. The van der Waals surface area contributed by atoms with E-state index in [9.17, 15) is 23.7 Å². The monoisotopic (exact) mass is 412 g/mol. The average Bonchev–Trinajstić information content (AvgIpc) is 2.68. The summed E-state index contributed by atoms with van der Waals surface area (Å²) in [6, 6.07) is 7.36. The van der Waals surface area contributed by atoms with Crippen LogP contribution in [0.2, 0.25) is 0 Å². The molecule has 0 aromatic heterocycles. The number of rotatable bonds is 10. The molecule has 11 heteroatoms. The predicted octanol–water partition coefficient (Wildman–Crippen LogP) is 3.48. The molecule has 0 saturated carbocycles. The molecule has 0 aliphatic rings. The Labute approximate surface area is 164 Å². The number of alkyl halides is 2. The number of carbonyl (C=O) groups is 1. The number of nitro benzene ring substituents is 1. The minimum atomic E-state index is -2.98. The fourth-order valence-corrected chi connectivity index (χ4v) is 2.31. The molecular weight excluding hydrogens is 394 g/mol. The number of amides is 1. The third-order valence-electron chi connectivity index (χ3n) is 3.61. The summed E-state index contributed by atoms with van der Waals surface area (Å²) >= 11 is 0. The van der Waals surface area contributed by atoms with Crippen molar-refractivity contribution in [3.8, 4) is 17.2 Å². The molecule has 0 heterocycles. The van der Waals surface area contributed by atoms with Gasteiger partial charge < -0.3 is 24.3 Å². The molecule has 2 aromatic carbocycles. The number of hydrogen-bond donors (Lipinski definition) is 1. The lowest BCUT2D eigenvalue weighted by Crippen LogP contribution is -2.15. The third kappa shape index (κ3) is 6.01. The molecule has 0 aliphatic heterocycles. The minimum Gasteiger partial charge on any atom is -0.493 e. The Morgan fingerprint density at radius 2 is 1.83 bits per heavy atom. The van der Waals surface area contributed by atoms with Gasteiger partial charge in [0.2, 0.25) is 0 Å². The molecular formula is C18H18F2N2O7. The average molecular weight is 412 g/mol. The molecule has 29 heavy (non-hydrogen) atoms. The summed E-state index contributed by atoms with van der Waals surface area (Å²) in [6.07, 6.45) is 0. The van der Waals surface area contributed by atoms with E-state index in [-0.39, 0.29) is 41.7 Å². The second-order valence-electron chi connectivity index (χ2n) is 5.48. The van der Waals surface area contributed by atoms with Gasteiger partial charge in [0.05, 0.1) is 24.7 Å². The van der Waals surface area contributed by atoms with Crippen molar-refractivity contribution in [1.82, 2.24) is 0 Å². The van der Waals surface area contributed by atoms with E-state index in [1.165, 1.54) is 44.6 Å². The van der Waals surface area contributed by atoms with Crippen LogP contribution in [0.4, 0.5) is 20.2 Å². The minimum absolute atomic E-state index is 0.0845. The Hall–Kier alpha value is -3.47. The summed E-state index contributed by atoms with van der Waals surface area (Å²) in [4.78, 5) is 23.3. The highest BCUT2D eigenvalue weighted by atomic mass is 19.3. The van der Waals surface area contributed by atoms with E-state index < -0.39 is 23.1 Å². The van der Waals surface area contributed by atoms with E-state index in [0.29, 0.717) is 0 Å². The number of carbonyl (C=O) groups excluding carboxylic acids is 1. The molecule has 2 rings (SSSR count). The summed E-state index contributed by atoms with van der Waals surface area (Å²) in [7, 11) is 2.80. The van der Waals surface area contributed by atoms with Crippen molar-refractivity contribution in [2.75, 3.05) is 32.8 Å². The van der Waals surface area contributed by atoms with Crippen LogP contribution in [-0.2, 0) is 4.74 Å². The van der Waals surface area contributed by atoms with Crippen LogP contribution in [0.3, 0.4) is 0 Å². The topological polar surface area (TPSA) is 109 Å². The lowest BCUT2D eigenvalue weighted by atomic mass is 10.1. The summed E-state index contributed by atoms with van der Waals surface area (Å²) in [5.74, 6) is -0.678. The number of nitro groups is 1. The summed E-state index contributed by atoms with van der Waals surface area (Å²) < 4.78 is 44.0. The molecule has 9 nitrogen and oxygen atoms in total. The van der Waals surface area contributed by atoms with Crippen molar-refractivity contribution in [2.24, 2.45) is 0 Å². The third-order valence-corrected chi connectivity index (χ3v) is 3.61. The number of hydrogen-bond acceptors (Lipinski definition) is 7. The van der Waals surface area contributed by atoms with Crippen molar-refractivity contribution >= 4 is 17.3 Å². The van der Waals surface area contributed by atoms with Crippen molar-refractivity contribution in [3.05, 3.63) is 52.1 Å². The number of anilines is 1. The van der Waals surface area contributed by atoms with Gasteiger partial charge in [0.1, 0.15) is 17.9 Å². The largest absolute Gasteiger partial charge is 0.493 e. The zero-order chi connectivity index (χ0) is 21.4. The molecule has 156 valence electrons. The molecule has 0 spiro atoms. The highest BCUT2D eigenvalue weighted by molar-refractivity contribution is 6.07. The predicted molar refractivity (Wildman–Crippen MR) is 98.0 cm³/mol. The van der Waals surface area contributed by atoms with Gasteiger partial charge in [0, 0.05) is 18.9 Å². The maximum Gasteiger partial charge on any atom is 0.387 e.